The molecule has 0 spiro atoms. The van der Waals surface area contributed by atoms with Crippen LogP contribution in [0.3, 0.4) is 0 Å². The lowest BCUT2D eigenvalue weighted by atomic mass is 10.2. The van der Waals surface area contributed by atoms with Crippen molar-refractivity contribution in [3.05, 3.63) is 66.2 Å². The molecular weight excluding hydrogens is 418 g/mol. The molecule has 0 radical (unpaired) electrons. The number of unbranched alkanes of at least 4 members (excludes halogenated alkanes) is 4. The Balaban J connectivity index is 1.64. The SMILES string of the molecule is C=C(C)C(=O)OCCCCCCOc1ccc(C(=O)Nc2ccc(OCCCC)cc2)cc1. The number of hydrogen-bond acceptors (Lipinski definition) is 5. The molecule has 0 atom stereocenters. The van der Waals surface area contributed by atoms with Crippen molar-refractivity contribution in [1.82, 2.24) is 0 Å². The van der Waals surface area contributed by atoms with Crippen LogP contribution in [0.15, 0.2) is 60.7 Å². The summed E-state index contributed by atoms with van der Waals surface area (Å²) >= 11 is 0. The molecular formula is C27H35NO5. The van der Waals surface area contributed by atoms with E-state index in [2.05, 4.69) is 18.8 Å². The number of esters is 1. The van der Waals surface area contributed by atoms with Gasteiger partial charge in [0, 0.05) is 16.8 Å². The van der Waals surface area contributed by atoms with Gasteiger partial charge >= 0.3 is 5.97 Å². The summed E-state index contributed by atoms with van der Waals surface area (Å²) < 4.78 is 16.4. The van der Waals surface area contributed by atoms with Gasteiger partial charge < -0.3 is 19.5 Å². The van der Waals surface area contributed by atoms with Crippen LogP contribution in [0.25, 0.3) is 0 Å². The molecule has 6 nitrogen and oxygen atoms in total. The molecule has 0 bridgehead atoms. The highest BCUT2D eigenvalue weighted by atomic mass is 16.5. The Labute approximate surface area is 196 Å². The van der Waals surface area contributed by atoms with Crippen molar-refractivity contribution in [3.63, 3.8) is 0 Å². The Hall–Kier alpha value is -3.28. The Kier molecular flexibility index (Phi) is 11.6. The monoisotopic (exact) mass is 453 g/mol. The zero-order valence-corrected chi connectivity index (χ0v) is 19.7. The molecule has 2 aromatic rings. The number of nitrogens with one attached hydrogen (secondary N) is 1. The van der Waals surface area contributed by atoms with E-state index in [1.807, 2.05) is 24.3 Å². The summed E-state index contributed by atoms with van der Waals surface area (Å²) in [6, 6.07) is 14.5. The quantitative estimate of drug-likeness (QED) is 0.198. The number of rotatable bonds is 15. The highest BCUT2D eigenvalue weighted by Gasteiger charge is 2.07. The Bertz CT molecular complexity index is 874. The van der Waals surface area contributed by atoms with Gasteiger partial charge in [0.15, 0.2) is 0 Å². The minimum atomic E-state index is -0.333. The molecule has 0 aliphatic heterocycles. The van der Waals surface area contributed by atoms with Crippen molar-refractivity contribution in [2.45, 2.75) is 52.4 Å². The van der Waals surface area contributed by atoms with Crippen LogP contribution in [0.1, 0.15) is 62.7 Å². The van der Waals surface area contributed by atoms with Crippen molar-refractivity contribution in [2.75, 3.05) is 25.1 Å². The summed E-state index contributed by atoms with van der Waals surface area (Å²) in [5.41, 5.74) is 1.71. The minimum Gasteiger partial charge on any atom is -0.494 e. The second-order valence-electron chi connectivity index (χ2n) is 7.88. The summed E-state index contributed by atoms with van der Waals surface area (Å²) in [5, 5.41) is 2.89. The predicted octanol–water partition coefficient (Wildman–Crippen LogP) is 6.18. The molecule has 6 heteroatoms. The van der Waals surface area contributed by atoms with E-state index in [0.29, 0.717) is 31.0 Å². The van der Waals surface area contributed by atoms with E-state index in [1.165, 1.54) is 0 Å². The average molecular weight is 454 g/mol. The molecule has 178 valence electrons. The van der Waals surface area contributed by atoms with Crippen molar-refractivity contribution in [3.8, 4) is 11.5 Å². The number of hydrogen-bond donors (Lipinski definition) is 1. The summed E-state index contributed by atoms with van der Waals surface area (Å²) in [4.78, 5) is 23.7. The van der Waals surface area contributed by atoms with E-state index in [4.69, 9.17) is 14.2 Å². The third-order valence-electron chi connectivity index (χ3n) is 4.88. The molecule has 0 aromatic heterocycles. The third-order valence-corrected chi connectivity index (χ3v) is 4.88. The van der Waals surface area contributed by atoms with Crippen molar-refractivity contribution in [2.24, 2.45) is 0 Å². The van der Waals surface area contributed by atoms with Gasteiger partial charge in [-0.15, -0.1) is 0 Å². The first-order valence-corrected chi connectivity index (χ1v) is 11.6. The number of carbonyl (C=O) groups excluding carboxylic acids is 2. The van der Waals surface area contributed by atoms with Crippen molar-refractivity contribution < 1.29 is 23.8 Å². The summed E-state index contributed by atoms with van der Waals surface area (Å²) in [7, 11) is 0. The zero-order valence-electron chi connectivity index (χ0n) is 19.7. The second-order valence-corrected chi connectivity index (χ2v) is 7.88. The molecule has 2 aromatic carbocycles. The zero-order chi connectivity index (χ0) is 23.9. The van der Waals surface area contributed by atoms with Crippen LogP contribution < -0.4 is 14.8 Å². The van der Waals surface area contributed by atoms with Crippen LogP contribution in [0.5, 0.6) is 11.5 Å². The lowest BCUT2D eigenvalue weighted by Crippen LogP contribution is -2.11. The molecule has 1 N–H and O–H groups in total. The Morgan fingerprint density at radius 2 is 1.33 bits per heavy atom. The number of benzene rings is 2. The molecule has 33 heavy (non-hydrogen) atoms. The predicted molar refractivity (Wildman–Crippen MR) is 131 cm³/mol. The van der Waals surface area contributed by atoms with Crippen LogP contribution in [0, 0.1) is 0 Å². The fraction of sp³-hybridized carbons (Fsp3) is 0.407. The molecule has 0 aliphatic rings. The standard InChI is InChI=1S/C27H35NO5/c1-4-5-18-31-25-16-12-23(13-17-25)28-26(29)22-10-14-24(15-11-22)32-19-8-6-7-9-20-33-27(30)21(2)3/h10-17H,2,4-9,18-20H2,1,3H3,(H,28,29). The van der Waals surface area contributed by atoms with E-state index in [9.17, 15) is 9.59 Å². The maximum absolute atomic E-state index is 12.5. The third kappa shape index (κ3) is 10.3. The van der Waals surface area contributed by atoms with Gasteiger partial charge in [-0.2, -0.15) is 0 Å². The first-order chi connectivity index (χ1) is 16.0. The van der Waals surface area contributed by atoms with Gasteiger partial charge in [0.1, 0.15) is 11.5 Å². The minimum absolute atomic E-state index is 0.173. The largest absolute Gasteiger partial charge is 0.494 e. The molecule has 0 aliphatic carbocycles. The molecule has 0 unspecified atom stereocenters. The topological polar surface area (TPSA) is 73.9 Å². The van der Waals surface area contributed by atoms with E-state index >= 15 is 0 Å². The normalized spacial score (nSPS) is 10.4. The van der Waals surface area contributed by atoms with Crippen LogP contribution in [0.2, 0.25) is 0 Å². The lowest BCUT2D eigenvalue weighted by molar-refractivity contribution is -0.139. The van der Waals surface area contributed by atoms with Gasteiger partial charge in [-0.1, -0.05) is 19.9 Å². The molecule has 2 rings (SSSR count). The summed E-state index contributed by atoms with van der Waals surface area (Å²) in [6.45, 7) is 9.04. The fourth-order valence-electron chi connectivity index (χ4n) is 2.91. The highest BCUT2D eigenvalue weighted by Crippen LogP contribution is 2.18. The van der Waals surface area contributed by atoms with E-state index in [-0.39, 0.29) is 11.9 Å². The van der Waals surface area contributed by atoms with E-state index in [0.717, 1.165) is 55.7 Å². The van der Waals surface area contributed by atoms with Crippen molar-refractivity contribution >= 4 is 17.6 Å². The second kappa shape index (κ2) is 14.7. The molecule has 0 heterocycles. The summed E-state index contributed by atoms with van der Waals surface area (Å²) in [5.74, 6) is 1.03. The van der Waals surface area contributed by atoms with Gasteiger partial charge in [-0.3, -0.25) is 4.79 Å². The van der Waals surface area contributed by atoms with Crippen LogP contribution >= 0.6 is 0 Å². The first-order valence-electron chi connectivity index (χ1n) is 11.6. The van der Waals surface area contributed by atoms with Crippen LogP contribution in [0.4, 0.5) is 5.69 Å². The maximum atomic E-state index is 12.5. The number of ether oxygens (including phenoxy) is 3. The molecule has 0 saturated heterocycles. The number of anilines is 1. The first kappa shape index (κ1) is 26.0. The molecule has 0 fully saturated rings. The molecule has 0 saturated carbocycles. The van der Waals surface area contributed by atoms with Gasteiger partial charge in [0.25, 0.3) is 5.91 Å². The Morgan fingerprint density at radius 3 is 1.91 bits per heavy atom. The lowest BCUT2D eigenvalue weighted by Gasteiger charge is -2.09. The van der Waals surface area contributed by atoms with E-state index < -0.39 is 0 Å². The van der Waals surface area contributed by atoms with Crippen LogP contribution in [-0.4, -0.2) is 31.7 Å². The smallest absolute Gasteiger partial charge is 0.333 e. The number of amides is 1. The summed E-state index contributed by atoms with van der Waals surface area (Å²) in [6.07, 6.45) is 5.82. The number of carbonyl (C=O) groups is 2. The van der Waals surface area contributed by atoms with Gasteiger partial charge in [0.05, 0.1) is 19.8 Å². The van der Waals surface area contributed by atoms with Gasteiger partial charge in [-0.25, -0.2) is 4.79 Å². The van der Waals surface area contributed by atoms with Crippen LogP contribution in [-0.2, 0) is 9.53 Å². The Morgan fingerprint density at radius 1 is 0.788 bits per heavy atom. The van der Waals surface area contributed by atoms with E-state index in [1.54, 1.807) is 31.2 Å². The van der Waals surface area contributed by atoms with Crippen molar-refractivity contribution in [1.29, 1.82) is 0 Å². The maximum Gasteiger partial charge on any atom is 0.333 e. The van der Waals surface area contributed by atoms with Gasteiger partial charge in [-0.05, 0) is 87.6 Å². The average Bonchev–Trinajstić information content (AvgIpc) is 2.82. The molecule has 1 amide bonds. The van der Waals surface area contributed by atoms with Gasteiger partial charge in [0.2, 0.25) is 0 Å². The fourth-order valence-corrected chi connectivity index (χ4v) is 2.91. The highest BCUT2D eigenvalue weighted by molar-refractivity contribution is 6.04.